The first kappa shape index (κ1) is 24.3. The van der Waals surface area contributed by atoms with Crippen LogP contribution in [-0.4, -0.2) is 49.1 Å². The van der Waals surface area contributed by atoms with Crippen molar-refractivity contribution in [2.45, 2.75) is 45.3 Å². The lowest BCUT2D eigenvalue weighted by atomic mass is 10.1. The van der Waals surface area contributed by atoms with Crippen molar-refractivity contribution >= 4 is 29.1 Å². The van der Waals surface area contributed by atoms with Gasteiger partial charge in [0.05, 0.1) is 12.6 Å². The smallest absolute Gasteiger partial charge is 0.251 e. The number of ether oxygens (including phenoxy) is 1. The van der Waals surface area contributed by atoms with E-state index in [1.54, 1.807) is 48.5 Å². The highest BCUT2D eigenvalue weighted by molar-refractivity contribution is 5.98. The fourth-order valence-electron chi connectivity index (χ4n) is 3.39. The topological polar surface area (TPSA) is 109 Å². The van der Waals surface area contributed by atoms with Crippen molar-refractivity contribution in [3.05, 3.63) is 59.7 Å². The highest BCUT2D eigenvalue weighted by Crippen LogP contribution is 2.14. The summed E-state index contributed by atoms with van der Waals surface area (Å²) in [6.07, 6.45) is 2.05. The molecule has 8 heteroatoms. The van der Waals surface area contributed by atoms with Crippen LogP contribution in [0.1, 0.15) is 54.3 Å². The predicted octanol–water partition coefficient (Wildman–Crippen LogP) is 3.17. The van der Waals surface area contributed by atoms with Gasteiger partial charge >= 0.3 is 0 Å². The molecule has 1 heterocycles. The van der Waals surface area contributed by atoms with Gasteiger partial charge in [-0.05, 0) is 76.1 Å². The SMILES string of the molecule is CC(C)(C)NC(=O)c1ccc(NCC(=O)Nc2cccc(C(=O)NCC3CCCO3)c2)cc1. The summed E-state index contributed by atoms with van der Waals surface area (Å²) in [6, 6.07) is 13.7. The number of benzene rings is 2. The first-order valence-electron chi connectivity index (χ1n) is 11.2. The molecule has 0 bridgehead atoms. The van der Waals surface area contributed by atoms with Crippen LogP contribution in [0.5, 0.6) is 0 Å². The van der Waals surface area contributed by atoms with E-state index in [1.165, 1.54) is 0 Å². The summed E-state index contributed by atoms with van der Waals surface area (Å²) in [5.74, 6) is -0.594. The molecule has 8 nitrogen and oxygen atoms in total. The van der Waals surface area contributed by atoms with Crippen molar-refractivity contribution in [1.29, 1.82) is 0 Å². The Balaban J connectivity index is 1.47. The van der Waals surface area contributed by atoms with Crippen LogP contribution in [0, 0.1) is 0 Å². The molecule has 1 aliphatic heterocycles. The van der Waals surface area contributed by atoms with Crippen molar-refractivity contribution in [2.75, 3.05) is 30.3 Å². The lowest BCUT2D eigenvalue weighted by Gasteiger charge is -2.20. The summed E-state index contributed by atoms with van der Waals surface area (Å²) in [4.78, 5) is 36.9. The highest BCUT2D eigenvalue weighted by atomic mass is 16.5. The normalized spacial score (nSPS) is 15.5. The number of rotatable bonds is 8. The first-order chi connectivity index (χ1) is 15.7. The first-order valence-corrected chi connectivity index (χ1v) is 11.2. The van der Waals surface area contributed by atoms with Crippen LogP contribution in [0.15, 0.2) is 48.5 Å². The third-order valence-corrected chi connectivity index (χ3v) is 5.01. The number of hydrogen-bond acceptors (Lipinski definition) is 5. The van der Waals surface area contributed by atoms with Crippen molar-refractivity contribution in [3.8, 4) is 0 Å². The average molecular weight is 453 g/mol. The van der Waals surface area contributed by atoms with Gasteiger partial charge < -0.3 is 26.0 Å². The zero-order valence-electron chi connectivity index (χ0n) is 19.4. The molecule has 3 rings (SSSR count). The number of carbonyl (C=O) groups is 3. The number of amides is 3. The Bertz CT molecular complexity index is 977. The van der Waals surface area contributed by atoms with Gasteiger partial charge in [-0.3, -0.25) is 14.4 Å². The molecule has 1 aliphatic rings. The molecule has 1 atom stereocenters. The fourth-order valence-corrected chi connectivity index (χ4v) is 3.39. The van der Waals surface area contributed by atoms with Crippen LogP contribution in [0.25, 0.3) is 0 Å². The third kappa shape index (κ3) is 7.91. The Morgan fingerprint density at radius 1 is 0.970 bits per heavy atom. The molecule has 33 heavy (non-hydrogen) atoms. The van der Waals surface area contributed by atoms with Crippen LogP contribution in [0.3, 0.4) is 0 Å². The molecular formula is C25H32N4O4. The molecule has 2 aromatic rings. The summed E-state index contributed by atoms with van der Waals surface area (Å²) in [5, 5.41) is 11.6. The van der Waals surface area contributed by atoms with Crippen molar-refractivity contribution in [1.82, 2.24) is 10.6 Å². The van der Waals surface area contributed by atoms with Gasteiger partial charge in [0.15, 0.2) is 0 Å². The lowest BCUT2D eigenvalue weighted by Crippen LogP contribution is -2.40. The fraction of sp³-hybridized carbons (Fsp3) is 0.400. The van der Waals surface area contributed by atoms with Gasteiger partial charge in [-0.1, -0.05) is 6.07 Å². The van der Waals surface area contributed by atoms with E-state index in [9.17, 15) is 14.4 Å². The molecule has 3 amide bonds. The van der Waals surface area contributed by atoms with Crippen LogP contribution in [0.2, 0.25) is 0 Å². The standard InChI is InChI=1S/C25H32N4O4/c1-25(2,3)29-24(32)17-9-11-19(12-10-17)26-16-22(30)28-20-7-4-6-18(14-20)23(31)27-15-21-8-5-13-33-21/h4,6-7,9-12,14,21,26H,5,8,13,15-16H2,1-3H3,(H,27,31)(H,28,30)(H,29,32). The molecule has 0 radical (unpaired) electrons. The molecule has 2 aromatic carbocycles. The second-order valence-corrected chi connectivity index (χ2v) is 9.11. The maximum atomic E-state index is 12.4. The molecule has 0 aromatic heterocycles. The molecule has 1 saturated heterocycles. The predicted molar refractivity (Wildman–Crippen MR) is 129 cm³/mol. The quantitative estimate of drug-likeness (QED) is 0.492. The monoisotopic (exact) mass is 452 g/mol. The molecule has 1 fully saturated rings. The minimum absolute atomic E-state index is 0.0446. The van der Waals surface area contributed by atoms with Crippen molar-refractivity contribution in [3.63, 3.8) is 0 Å². The summed E-state index contributed by atoms with van der Waals surface area (Å²) in [7, 11) is 0. The average Bonchev–Trinajstić information content (AvgIpc) is 3.29. The Hall–Kier alpha value is -3.39. The van der Waals surface area contributed by atoms with Gasteiger partial charge in [0, 0.05) is 41.2 Å². The van der Waals surface area contributed by atoms with Gasteiger partial charge in [-0.15, -0.1) is 0 Å². The number of carbonyl (C=O) groups excluding carboxylic acids is 3. The largest absolute Gasteiger partial charge is 0.376 e. The van der Waals surface area contributed by atoms with E-state index in [0.29, 0.717) is 23.4 Å². The van der Waals surface area contributed by atoms with Crippen LogP contribution < -0.4 is 21.3 Å². The summed E-state index contributed by atoms with van der Waals surface area (Å²) >= 11 is 0. The Kier molecular flexibility index (Phi) is 8.06. The minimum atomic E-state index is -0.311. The van der Waals surface area contributed by atoms with Gasteiger partial charge in [-0.25, -0.2) is 0 Å². The summed E-state index contributed by atoms with van der Waals surface area (Å²) < 4.78 is 5.52. The van der Waals surface area contributed by atoms with E-state index in [0.717, 1.165) is 25.1 Å². The Morgan fingerprint density at radius 3 is 2.39 bits per heavy atom. The maximum absolute atomic E-state index is 12.4. The van der Waals surface area contributed by atoms with E-state index in [2.05, 4.69) is 21.3 Å². The second-order valence-electron chi connectivity index (χ2n) is 9.11. The van der Waals surface area contributed by atoms with E-state index < -0.39 is 0 Å². The summed E-state index contributed by atoms with van der Waals surface area (Å²) in [6.45, 7) is 7.04. The molecule has 176 valence electrons. The Morgan fingerprint density at radius 2 is 1.73 bits per heavy atom. The van der Waals surface area contributed by atoms with Gasteiger partial charge in [0.2, 0.25) is 5.91 Å². The molecule has 0 spiro atoms. The number of nitrogens with one attached hydrogen (secondary N) is 4. The van der Waals surface area contributed by atoms with Crippen molar-refractivity contribution in [2.24, 2.45) is 0 Å². The minimum Gasteiger partial charge on any atom is -0.376 e. The van der Waals surface area contributed by atoms with E-state index in [1.807, 2.05) is 20.8 Å². The number of hydrogen-bond donors (Lipinski definition) is 4. The van der Waals surface area contributed by atoms with E-state index in [-0.39, 0.29) is 35.9 Å². The third-order valence-electron chi connectivity index (χ3n) is 5.01. The van der Waals surface area contributed by atoms with Crippen LogP contribution in [0.4, 0.5) is 11.4 Å². The molecule has 4 N–H and O–H groups in total. The van der Waals surface area contributed by atoms with Gasteiger partial charge in [0.1, 0.15) is 0 Å². The molecular weight excluding hydrogens is 420 g/mol. The highest BCUT2D eigenvalue weighted by Gasteiger charge is 2.17. The van der Waals surface area contributed by atoms with Crippen molar-refractivity contribution < 1.29 is 19.1 Å². The van der Waals surface area contributed by atoms with Crippen LogP contribution >= 0.6 is 0 Å². The number of anilines is 2. The molecule has 0 aliphatic carbocycles. The second kappa shape index (κ2) is 11.0. The van der Waals surface area contributed by atoms with E-state index >= 15 is 0 Å². The Labute approximate surface area is 194 Å². The summed E-state index contributed by atoms with van der Waals surface area (Å²) in [5.41, 5.74) is 1.98. The molecule has 0 saturated carbocycles. The molecule has 1 unspecified atom stereocenters. The van der Waals surface area contributed by atoms with Gasteiger partial charge in [-0.2, -0.15) is 0 Å². The van der Waals surface area contributed by atoms with E-state index in [4.69, 9.17) is 4.74 Å². The lowest BCUT2D eigenvalue weighted by molar-refractivity contribution is -0.114. The maximum Gasteiger partial charge on any atom is 0.251 e. The zero-order valence-corrected chi connectivity index (χ0v) is 19.4. The van der Waals surface area contributed by atoms with Crippen LogP contribution in [-0.2, 0) is 9.53 Å². The zero-order chi connectivity index (χ0) is 23.8. The van der Waals surface area contributed by atoms with Gasteiger partial charge in [0.25, 0.3) is 11.8 Å².